The van der Waals surface area contributed by atoms with Crippen LogP contribution in [0.4, 0.5) is 5.69 Å². The lowest BCUT2D eigenvalue weighted by Crippen LogP contribution is -2.32. The summed E-state index contributed by atoms with van der Waals surface area (Å²) in [6, 6.07) is 17.6. The molecule has 4 aromatic rings. The minimum Gasteiger partial charge on any atom is -0.452 e. The topological polar surface area (TPSA) is 100 Å². The molecule has 8 heteroatoms. The number of benzene rings is 2. The average molecular weight is 452 g/mol. The molecule has 3 atom stereocenters. The number of esters is 1. The normalized spacial score (nSPS) is 20.2. The van der Waals surface area contributed by atoms with Crippen LogP contribution in [0.15, 0.2) is 79.4 Å². The Hall–Kier alpha value is -4.33. The Morgan fingerprint density at radius 3 is 2.74 bits per heavy atom. The van der Waals surface area contributed by atoms with E-state index in [1.807, 2.05) is 36.8 Å². The van der Waals surface area contributed by atoms with Gasteiger partial charge in [-0.25, -0.2) is 9.78 Å². The van der Waals surface area contributed by atoms with Crippen LogP contribution in [0.3, 0.4) is 0 Å². The molecule has 0 bridgehead atoms. The van der Waals surface area contributed by atoms with E-state index in [1.165, 1.54) is 29.8 Å². The molecule has 3 heterocycles. The first kappa shape index (κ1) is 20.3. The minimum absolute atomic E-state index is 0.0430. The van der Waals surface area contributed by atoms with Crippen molar-refractivity contribution in [3.8, 4) is 11.3 Å². The van der Waals surface area contributed by atoms with Crippen molar-refractivity contribution >= 4 is 11.7 Å². The lowest BCUT2D eigenvalue weighted by atomic mass is 9.77. The van der Waals surface area contributed by atoms with Crippen molar-refractivity contribution in [3.05, 3.63) is 112 Å². The highest BCUT2D eigenvalue weighted by molar-refractivity contribution is 5.89. The standard InChI is InChI=1S/C26H20N4O4/c31-26(17-7-10-18(11-8-17)30(32)33)34-25-21(12-9-16-4-3-13-28-23(16)25)24-20-6-2-1-5-19(20)22-14-27-15-29(22)24/h1-8,10-11,13-15,21,24-25H,9,12H2. The summed E-state index contributed by atoms with van der Waals surface area (Å²) >= 11 is 0. The van der Waals surface area contributed by atoms with Crippen LogP contribution in [0.1, 0.15) is 45.7 Å². The van der Waals surface area contributed by atoms with Crippen LogP contribution in [0, 0.1) is 16.0 Å². The second-order valence-corrected chi connectivity index (χ2v) is 8.60. The number of pyridine rings is 1. The molecule has 0 N–H and O–H groups in total. The second-order valence-electron chi connectivity index (χ2n) is 8.60. The number of ether oxygens (including phenoxy) is 1. The minimum atomic E-state index is -0.570. The van der Waals surface area contributed by atoms with Crippen molar-refractivity contribution in [3.63, 3.8) is 0 Å². The van der Waals surface area contributed by atoms with Crippen molar-refractivity contribution in [2.45, 2.75) is 25.0 Å². The zero-order valence-corrected chi connectivity index (χ0v) is 18.1. The Labute approximate surface area is 195 Å². The van der Waals surface area contributed by atoms with Crippen LogP contribution in [0.25, 0.3) is 11.3 Å². The van der Waals surface area contributed by atoms with Crippen LogP contribution < -0.4 is 0 Å². The predicted molar refractivity (Wildman–Crippen MR) is 123 cm³/mol. The molecule has 3 unspecified atom stereocenters. The molecule has 0 saturated carbocycles. The van der Waals surface area contributed by atoms with Gasteiger partial charge in [0.15, 0.2) is 0 Å². The van der Waals surface area contributed by atoms with Crippen LogP contribution in [0.5, 0.6) is 0 Å². The molecular weight excluding hydrogens is 432 g/mol. The zero-order chi connectivity index (χ0) is 23.2. The highest BCUT2D eigenvalue weighted by atomic mass is 16.6. The van der Waals surface area contributed by atoms with Crippen LogP contribution in [0.2, 0.25) is 0 Å². The fourth-order valence-electron chi connectivity index (χ4n) is 5.27. The van der Waals surface area contributed by atoms with E-state index in [-0.39, 0.29) is 23.2 Å². The molecule has 0 radical (unpaired) electrons. The Balaban J connectivity index is 1.40. The monoisotopic (exact) mass is 452 g/mol. The molecule has 8 nitrogen and oxygen atoms in total. The molecule has 34 heavy (non-hydrogen) atoms. The van der Waals surface area contributed by atoms with Crippen molar-refractivity contribution in [1.82, 2.24) is 14.5 Å². The fourth-order valence-corrected chi connectivity index (χ4v) is 5.27. The first-order chi connectivity index (χ1) is 16.6. The number of carbonyl (C=O) groups excluding carboxylic acids is 1. The quantitative estimate of drug-likeness (QED) is 0.248. The summed E-state index contributed by atoms with van der Waals surface area (Å²) in [7, 11) is 0. The number of carbonyl (C=O) groups is 1. The lowest BCUT2D eigenvalue weighted by Gasteiger charge is -2.36. The highest BCUT2D eigenvalue weighted by Gasteiger charge is 2.43. The number of aromatic nitrogens is 3. The third-order valence-corrected chi connectivity index (χ3v) is 6.81. The van der Waals surface area contributed by atoms with Gasteiger partial charge < -0.3 is 9.30 Å². The highest BCUT2D eigenvalue weighted by Crippen LogP contribution is 2.50. The van der Waals surface area contributed by atoms with Crippen molar-refractivity contribution in [1.29, 1.82) is 0 Å². The number of imidazole rings is 1. The second kappa shape index (κ2) is 7.91. The average Bonchev–Trinajstić information content (AvgIpc) is 3.46. The fraction of sp³-hybridized carbons (Fsp3) is 0.192. The predicted octanol–water partition coefficient (Wildman–Crippen LogP) is 4.92. The number of rotatable bonds is 4. The van der Waals surface area contributed by atoms with Crippen LogP contribution in [-0.4, -0.2) is 25.4 Å². The van der Waals surface area contributed by atoms with E-state index in [2.05, 4.69) is 26.7 Å². The van der Waals surface area contributed by atoms with Gasteiger partial charge in [0.1, 0.15) is 6.10 Å². The van der Waals surface area contributed by atoms with Gasteiger partial charge in [-0.2, -0.15) is 0 Å². The smallest absolute Gasteiger partial charge is 0.338 e. The van der Waals surface area contributed by atoms with Crippen molar-refractivity contribution in [2.75, 3.05) is 0 Å². The van der Waals surface area contributed by atoms with Gasteiger partial charge >= 0.3 is 5.97 Å². The molecular formula is C26H20N4O4. The summed E-state index contributed by atoms with van der Waals surface area (Å²) in [4.78, 5) is 32.6. The number of nitro groups is 1. The third kappa shape index (κ3) is 3.18. The van der Waals surface area contributed by atoms with Gasteiger partial charge in [0, 0.05) is 29.8 Å². The molecule has 0 saturated heterocycles. The summed E-state index contributed by atoms with van der Waals surface area (Å²) in [5, 5.41) is 11.0. The lowest BCUT2D eigenvalue weighted by molar-refractivity contribution is -0.384. The van der Waals surface area contributed by atoms with Gasteiger partial charge in [-0.1, -0.05) is 30.3 Å². The number of hydrogen-bond acceptors (Lipinski definition) is 6. The Morgan fingerprint density at radius 1 is 1.09 bits per heavy atom. The van der Waals surface area contributed by atoms with E-state index < -0.39 is 17.0 Å². The zero-order valence-electron chi connectivity index (χ0n) is 18.1. The number of hydrogen-bond donors (Lipinski definition) is 0. The Morgan fingerprint density at radius 2 is 1.91 bits per heavy atom. The van der Waals surface area contributed by atoms with Crippen molar-refractivity contribution < 1.29 is 14.5 Å². The summed E-state index contributed by atoms with van der Waals surface area (Å²) in [5.41, 5.74) is 5.39. The molecule has 1 aliphatic carbocycles. The summed E-state index contributed by atoms with van der Waals surface area (Å²) in [6.45, 7) is 0. The van der Waals surface area contributed by atoms with E-state index in [4.69, 9.17) is 4.74 Å². The molecule has 1 aliphatic heterocycles. The van der Waals surface area contributed by atoms with Gasteiger partial charge in [0.2, 0.25) is 0 Å². The molecule has 0 spiro atoms. The van der Waals surface area contributed by atoms with Crippen LogP contribution >= 0.6 is 0 Å². The first-order valence-electron chi connectivity index (χ1n) is 11.1. The molecule has 0 amide bonds. The van der Waals surface area contributed by atoms with E-state index in [0.29, 0.717) is 0 Å². The van der Waals surface area contributed by atoms with Crippen LogP contribution in [-0.2, 0) is 11.2 Å². The molecule has 0 fully saturated rings. The number of fused-ring (bicyclic) bond motifs is 4. The number of nitrogens with zero attached hydrogens (tertiary/aromatic N) is 4. The van der Waals surface area contributed by atoms with E-state index in [1.54, 1.807) is 6.20 Å². The largest absolute Gasteiger partial charge is 0.452 e. The Bertz CT molecular complexity index is 1410. The van der Waals surface area contributed by atoms with Gasteiger partial charge in [-0.15, -0.1) is 0 Å². The number of nitro benzene ring substituents is 1. The van der Waals surface area contributed by atoms with E-state index in [0.717, 1.165) is 35.4 Å². The molecule has 2 aromatic heterocycles. The molecule has 6 rings (SSSR count). The van der Waals surface area contributed by atoms with Crippen molar-refractivity contribution in [2.24, 2.45) is 5.92 Å². The van der Waals surface area contributed by atoms with Gasteiger partial charge in [-0.05, 0) is 42.2 Å². The summed E-state index contributed by atoms with van der Waals surface area (Å²) in [6.07, 6.45) is 6.50. The van der Waals surface area contributed by atoms with E-state index >= 15 is 0 Å². The van der Waals surface area contributed by atoms with E-state index in [9.17, 15) is 14.9 Å². The third-order valence-electron chi connectivity index (χ3n) is 6.81. The van der Waals surface area contributed by atoms with Gasteiger partial charge in [0.25, 0.3) is 5.69 Å². The van der Waals surface area contributed by atoms with Gasteiger partial charge in [-0.3, -0.25) is 15.1 Å². The summed E-state index contributed by atoms with van der Waals surface area (Å²) in [5.74, 6) is -0.582. The summed E-state index contributed by atoms with van der Waals surface area (Å²) < 4.78 is 8.29. The number of aryl methyl sites for hydroxylation is 1. The number of non-ortho nitro benzene ring substituents is 1. The Kier molecular flexibility index (Phi) is 4.72. The SMILES string of the molecule is O=C(OC1c2ncccc2CCC1C1c2ccccc2-c2cncn21)c1ccc([N+](=O)[O-])cc1. The molecule has 2 aromatic carbocycles. The first-order valence-corrected chi connectivity index (χ1v) is 11.1. The maximum Gasteiger partial charge on any atom is 0.338 e. The van der Waals surface area contributed by atoms with Gasteiger partial charge in [0.05, 0.1) is 40.4 Å². The maximum atomic E-state index is 13.2. The maximum absolute atomic E-state index is 13.2. The molecule has 168 valence electrons. The molecule has 2 aliphatic rings.